The number of fused-ring (bicyclic) bond motifs is 7. The topological polar surface area (TPSA) is 204 Å². The first-order chi connectivity index (χ1) is 48.8. The van der Waals surface area contributed by atoms with Crippen molar-refractivity contribution in [3.8, 4) is 0 Å². The number of piperidine rings is 3. The highest BCUT2D eigenvalue weighted by Crippen LogP contribution is 2.45. The molecule has 7 heterocycles. The summed E-state index contributed by atoms with van der Waals surface area (Å²) in [5, 5.41) is 3.56. The Labute approximate surface area is 611 Å². The van der Waals surface area contributed by atoms with Gasteiger partial charge in [-0.05, 0) is 229 Å². The molecule has 16 nitrogen and oxygen atoms in total. The number of carbonyl (C=O) groups is 3. The lowest BCUT2D eigenvalue weighted by Gasteiger charge is -2.41. The Morgan fingerprint density at radius 1 is 0.490 bits per heavy atom. The predicted octanol–water partition coefficient (Wildman–Crippen LogP) is 13.2. The molecule has 0 spiro atoms. The number of nitrogens with one attached hydrogen (secondary N) is 4. The number of carbonyl (C=O) groups excluding carboxylic acids is 3. The summed E-state index contributed by atoms with van der Waals surface area (Å²) < 4.78 is 206. The van der Waals surface area contributed by atoms with Crippen molar-refractivity contribution < 1.29 is 79.7 Å². The monoisotopic (exact) mass is 1540 g/mol. The second kappa shape index (κ2) is 33.3. The van der Waals surface area contributed by atoms with Crippen LogP contribution in [0.4, 0.5) is 44.3 Å². The van der Waals surface area contributed by atoms with E-state index in [0.29, 0.717) is 68.8 Å². The Morgan fingerprint density at radius 3 is 1.20 bits per heavy atom. The van der Waals surface area contributed by atoms with Crippen molar-refractivity contribution in [3.05, 3.63) is 177 Å². The third-order valence-corrected chi connectivity index (χ3v) is 27.7. The van der Waals surface area contributed by atoms with Gasteiger partial charge in [-0.15, -0.1) is 0 Å². The van der Waals surface area contributed by atoms with Gasteiger partial charge < -0.3 is 15.0 Å². The predicted molar refractivity (Wildman–Crippen MR) is 382 cm³/mol. The number of benzene rings is 5. The molecule has 7 aliphatic rings. The van der Waals surface area contributed by atoms with E-state index in [4.69, 9.17) is 4.74 Å². The zero-order valence-electron chi connectivity index (χ0n) is 59.9. The molecule has 0 aliphatic carbocycles. The van der Waals surface area contributed by atoms with Crippen LogP contribution in [-0.4, -0.2) is 134 Å². The highest BCUT2D eigenvalue weighted by molar-refractivity contribution is 7.89. The number of hydrogen-bond donors (Lipinski definition) is 4. The lowest BCUT2D eigenvalue weighted by Crippen LogP contribution is -2.53. The number of imide groups is 1. The van der Waals surface area contributed by atoms with Gasteiger partial charge in [-0.2, -0.15) is 4.31 Å². The maximum atomic E-state index is 14.6. The summed E-state index contributed by atoms with van der Waals surface area (Å²) in [6, 6.07) is 18.9. The minimum atomic E-state index is -3.86. The number of nitrogens with zero attached hydrogens (tertiary/aromatic N) is 3. The van der Waals surface area contributed by atoms with Crippen LogP contribution in [0.15, 0.2) is 91.0 Å². The maximum Gasteiger partial charge on any atom is 0.410 e. The van der Waals surface area contributed by atoms with Crippen LogP contribution in [-0.2, 0) is 73.6 Å². The lowest BCUT2D eigenvalue weighted by molar-refractivity contribution is 0.0484. The van der Waals surface area contributed by atoms with Crippen molar-refractivity contribution >= 4 is 60.9 Å². The fourth-order valence-corrected chi connectivity index (χ4v) is 20.1. The molecule has 570 valence electrons. The average molecular weight is 1540 g/mol. The first-order valence-corrected chi connectivity index (χ1v) is 40.5. The molecule has 0 radical (unpaired) electrons. The Hall–Kier alpha value is -5.92. The van der Waals surface area contributed by atoms with Gasteiger partial charge in [0.05, 0.1) is 64.1 Å². The summed E-state index contributed by atoms with van der Waals surface area (Å²) >= 11 is 0. The summed E-state index contributed by atoms with van der Waals surface area (Å²) in [5.74, 6) is -11.0. The molecule has 5 aromatic rings. The number of sulfonamides is 1. The molecule has 3 amide bonds. The standard InChI is InChI=1S/C29H34F3N3O5S2.C27H33F3N2O3S.C19H27F3N2OS/c1-29(2,3)41(38)33-26(15-17-14-24(31)25(32)16-23(17)30)18-12-19-8-9-20(13-18)35(19)42(39,40)11-10-34-27(36)21-6-4-5-7-22(21)28(34)37;1-27(2,3)36(34)31-25(14-18-13-23(29)24(30)15-22(18)28)19-11-20-9-10-21(12-19)32(20)26(33)35-16-17-7-5-4-6-8-17;1-19(2,3)26(25)24-18(12-6-13-4-5-14(7-12)23-13)9-11-8-16(21)17(22)10-15(11)20/h4-7,14,16,18-20,26,33H,8-13,15H2,1-3H3;4-8,13,15,19-21,25,31H,9-12,14,16H2,1-3H3;8,10,12-14,18,23-24H,4-7,9H2,1-3H3/t18?,19-,20+,26-,41-;19?,20-,21+,25-,36-;12?,13-,14+,18-,26-/m000/s1. The Morgan fingerprint density at radius 2 is 0.827 bits per heavy atom. The Bertz CT molecular complexity index is 4070. The molecule has 0 aromatic heterocycles. The van der Waals surface area contributed by atoms with Gasteiger partial charge in [-0.1, -0.05) is 42.5 Å². The van der Waals surface area contributed by atoms with Crippen LogP contribution in [0, 0.1) is 70.1 Å². The van der Waals surface area contributed by atoms with Crippen molar-refractivity contribution in [2.75, 3.05) is 12.3 Å². The first kappa shape index (κ1) is 80.6. The molecular formula is C75H94F9N7O9S4. The summed E-state index contributed by atoms with van der Waals surface area (Å²) in [6.45, 7) is 16.4. The van der Waals surface area contributed by atoms with Crippen molar-refractivity contribution in [2.24, 2.45) is 17.8 Å². The van der Waals surface area contributed by atoms with Gasteiger partial charge in [0.1, 0.15) is 24.1 Å². The smallest absolute Gasteiger partial charge is 0.410 e. The van der Waals surface area contributed by atoms with E-state index < -0.39 is 139 Å². The van der Waals surface area contributed by atoms with Crippen LogP contribution in [0.3, 0.4) is 0 Å². The minimum absolute atomic E-state index is 0.0283. The van der Waals surface area contributed by atoms with Crippen LogP contribution < -0.4 is 19.5 Å². The summed E-state index contributed by atoms with van der Waals surface area (Å²) in [6.07, 6.45) is 8.83. The number of rotatable bonds is 21. The molecule has 5 aromatic carbocycles. The second-order valence-corrected chi connectivity index (χ2v) is 39.5. The molecule has 12 rings (SSSR count). The van der Waals surface area contributed by atoms with E-state index in [2.05, 4.69) is 19.5 Å². The first-order valence-electron chi connectivity index (χ1n) is 35.5. The average Bonchev–Trinajstić information content (AvgIpc) is 1.58. The summed E-state index contributed by atoms with van der Waals surface area (Å²) in [5.41, 5.74) is 1.53. The zero-order chi connectivity index (χ0) is 75.7. The van der Waals surface area contributed by atoms with Crippen LogP contribution in [0.25, 0.3) is 0 Å². The molecule has 4 N–H and O–H groups in total. The molecule has 15 atom stereocenters. The van der Waals surface area contributed by atoms with Crippen LogP contribution in [0.1, 0.15) is 182 Å². The zero-order valence-corrected chi connectivity index (χ0v) is 63.1. The molecule has 6 saturated heterocycles. The van der Waals surface area contributed by atoms with E-state index in [0.717, 1.165) is 67.2 Å². The number of hydrogen-bond acceptors (Lipinski definition) is 10. The molecule has 104 heavy (non-hydrogen) atoms. The number of halogens is 9. The van der Waals surface area contributed by atoms with Gasteiger partial charge in [-0.25, -0.2) is 79.5 Å². The quantitative estimate of drug-likeness (QED) is 0.0311. The van der Waals surface area contributed by atoms with Gasteiger partial charge in [0.15, 0.2) is 34.9 Å². The number of ether oxygens (including phenoxy) is 1. The van der Waals surface area contributed by atoms with Crippen molar-refractivity contribution in [3.63, 3.8) is 0 Å². The normalized spacial score (nSPS) is 24.9. The van der Waals surface area contributed by atoms with E-state index in [1.165, 1.54) is 4.31 Å². The fourth-order valence-electron chi connectivity index (χ4n) is 15.5. The van der Waals surface area contributed by atoms with Gasteiger partial charge in [0, 0.05) is 79.1 Å². The maximum absolute atomic E-state index is 14.6. The molecule has 7 aliphatic heterocycles. The lowest BCUT2D eigenvalue weighted by atomic mass is 9.83. The molecule has 6 bridgehead atoms. The minimum Gasteiger partial charge on any atom is -0.445 e. The van der Waals surface area contributed by atoms with Gasteiger partial charge in [0.25, 0.3) is 11.8 Å². The van der Waals surface area contributed by atoms with Gasteiger partial charge >= 0.3 is 6.09 Å². The Kier molecular flexibility index (Phi) is 25.8. The van der Waals surface area contributed by atoms with Crippen LogP contribution in [0.2, 0.25) is 0 Å². The highest BCUT2D eigenvalue weighted by atomic mass is 32.2. The third kappa shape index (κ3) is 19.5. The molecule has 6 fully saturated rings. The summed E-state index contributed by atoms with van der Waals surface area (Å²) in [7, 11) is -8.18. The molecular weight excluding hydrogens is 1440 g/mol. The van der Waals surface area contributed by atoms with Gasteiger partial charge in [0.2, 0.25) is 10.0 Å². The Balaban J connectivity index is 0.000000172. The summed E-state index contributed by atoms with van der Waals surface area (Å²) in [4.78, 5) is 41.2. The molecule has 3 unspecified atom stereocenters. The van der Waals surface area contributed by atoms with Gasteiger partial charge in [-0.3, -0.25) is 14.5 Å². The largest absolute Gasteiger partial charge is 0.445 e. The van der Waals surface area contributed by atoms with Crippen LogP contribution >= 0.6 is 0 Å². The van der Waals surface area contributed by atoms with E-state index in [-0.39, 0.29) is 114 Å². The second-order valence-electron chi connectivity index (χ2n) is 31.5. The molecule has 0 saturated carbocycles. The van der Waals surface area contributed by atoms with E-state index in [9.17, 15) is 74.9 Å². The SMILES string of the molecule is CC(C)(C)[S@](=O)N[C@@H](Cc1cc(F)c(F)cc1F)C1C[C@H]2CC[C@@H](C1)N2.CC(C)(C)[S@](=O)N[C@@H](Cc1cc(F)c(F)cc1F)C1C[C@H]2CC[C@@H](C1)N2C(=O)OCc1ccccc1.CC(C)(C)[S@](=O)N[C@@H](Cc1cc(F)c(F)cc1F)C1C[C@H]2CC[C@@H](C1)N2S(=O)(=O)CCN1C(=O)c2ccccc2C1=O. The third-order valence-electron chi connectivity index (χ3n) is 20.9. The van der Waals surface area contributed by atoms with Crippen molar-refractivity contribution in [1.29, 1.82) is 0 Å². The highest BCUT2D eigenvalue weighted by Gasteiger charge is 2.51. The molecule has 29 heteroatoms. The van der Waals surface area contributed by atoms with Crippen LogP contribution in [0.5, 0.6) is 0 Å². The number of amides is 3. The van der Waals surface area contributed by atoms with E-state index in [1.54, 1.807) is 45.0 Å². The van der Waals surface area contributed by atoms with Crippen molar-refractivity contribution in [2.45, 2.75) is 234 Å². The van der Waals surface area contributed by atoms with E-state index in [1.807, 2.05) is 76.8 Å². The van der Waals surface area contributed by atoms with E-state index >= 15 is 0 Å². The van der Waals surface area contributed by atoms with Crippen molar-refractivity contribution in [1.82, 2.24) is 33.6 Å². The fraction of sp³-hybridized carbons (Fsp3) is 0.560.